The van der Waals surface area contributed by atoms with Crippen molar-refractivity contribution in [1.29, 1.82) is 5.26 Å². The van der Waals surface area contributed by atoms with Gasteiger partial charge in [-0.15, -0.1) is 0 Å². The van der Waals surface area contributed by atoms with Gasteiger partial charge < -0.3 is 4.74 Å². The van der Waals surface area contributed by atoms with Crippen LogP contribution in [-0.4, -0.2) is 16.4 Å². The van der Waals surface area contributed by atoms with Gasteiger partial charge in [-0.25, -0.2) is 4.68 Å². The zero-order valence-electron chi connectivity index (χ0n) is 6.66. The minimum Gasteiger partial charge on any atom is -0.478 e. The van der Waals surface area contributed by atoms with E-state index >= 15 is 0 Å². The predicted octanol–water partition coefficient (Wildman–Crippen LogP) is 0.732. The Labute approximate surface area is 70.4 Å². The third-order valence-corrected chi connectivity index (χ3v) is 1.82. The molecule has 2 rings (SSSR count). The highest BCUT2D eigenvalue weighted by Gasteiger charge is 2.12. The van der Waals surface area contributed by atoms with Gasteiger partial charge in [0.2, 0.25) is 5.88 Å². The number of aryl methyl sites for hydroxylation is 1. The van der Waals surface area contributed by atoms with Gasteiger partial charge in [-0.05, 0) is 0 Å². The molecule has 0 radical (unpaired) electrons. The summed E-state index contributed by atoms with van der Waals surface area (Å²) in [5.74, 6) is 0.798. The standard InChI is InChI=1S/C8H9N3O/c9-3-2-7-6-8-11(10-7)4-1-5-12-8/h6H,1-2,4-5H2. The van der Waals surface area contributed by atoms with E-state index in [-0.39, 0.29) is 0 Å². The number of fused-ring (bicyclic) bond motifs is 1. The summed E-state index contributed by atoms with van der Waals surface area (Å²) in [6, 6.07) is 3.90. The summed E-state index contributed by atoms with van der Waals surface area (Å²) >= 11 is 0. The highest BCUT2D eigenvalue weighted by atomic mass is 16.5. The number of hydrogen-bond acceptors (Lipinski definition) is 3. The fourth-order valence-electron chi connectivity index (χ4n) is 1.29. The Balaban J connectivity index is 2.27. The Bertz CT molecular complexity index is 300. The van der Waals surface area contributed by atoms with E-state index < -0.39 is 0 Å². The van der Waals surface area contributed by atoms with E-state index in [9.17, 15) is 0 Å². The molecule has 0 aromatic carbocycles. The maximum absolute atomic E-state index is 8.44. The lowest BCUT2D eigenvalue weighted by Gasteiger charge is -2.13. The quantitative estimate of drug-likeness (QED) is 0.613. The Morgan fingerprint density at radius 2 is 2.67 bits per heavy atom. The Kier molecular flexibility index (Phi) is 1.71. The van der Waals surface area contributed by atoms with Crippen LogP contribution in [-0.2, 0) is 13.0 Å². The van der Waals surface area contributed by atoms with Gasteiger partial charge in [0.15, 0.2) is 0 Å². The number of nitriles is 1. The number of rotatable bonds is 1. The van der Waals surface area contributed by atoms with E-state index in [1.165, 1.54) is 0 Å². The summed E-state index contributed by atoms with van der Waals surface area (Å²) in [5, 5.41) is 12.7. The third kappa shape index (κ3) is 1.14. The van der Waals surface area contributed by atoms with Gasteiger partial charge in [0, 0.05) is 19.0 Å². The van der Waals surface area contributed by atoms with Crippen LogP contribution in [0.4, 0.5) is 0 Å². The van der Waals surface area contributed by atoms with Crippen molar-refractivity contribution >= 4 is 0 Å². The first-order chi connectivity index (χ1) is 5.90. The molecule has 4 nitrogen and oxygen atoms in total. The largest absolute Gasteiger partial charge is 0.478 e. The molecule has 1 aromatic rings. The fourth-order valence-corrected chi connectivity index (χ4v) is 1.29. The lowest BCUT2D eigenvalue weighted by Crippen LogP contribution is -2.14. The SMILES string of the molecule is N#CCc1cc2n(n1)CCCO2. The van der Waals surface area contributed by atoms with Crippen LogP contribution in [0, 0.1) is 11.3 Å². The second kappa shape index (κ2) is 2.86. The fraction of sp³-hybridized carbons (Fsp3) is 0.500. The van der Waals surface area contributed by atoms with Crippen molar-refractivity contribution in [3.8, 4) is 11.9 Å². The molecule has 1 aliphatic heterocycles. The molecule has 0 aliphatic carbocycles. The summed E-state index contributed by atoms with van der Waals surface area (Å²) in [6.45, 7) is 1.67. The summed E-state index contributed by atoms with van der Waals surface area (Å²) in [7, 11) is 0. The highest BCUT2D eigenvalue weighted by Crippen LogP contribution is 2.18. The highest BCUT2D eigenvalue weighted by molar-refractivity contribution is 5.19. The van der Waals surface area contributed by atoms with Crippen molar-refractivity contribution in [3.05, 3.63) is 11.8 Å². The van der Waals surface area contributed by atoms with Crippen LogP contribution in [0.25, 0.3) is 0 Å². The Hall–Kier alpha value is -1.50. The third-order valence-electron chi connectivity index (χ3n) is 1.82. The Morgan fingerprint density at radius 3 is 3.42 bits per heavy atom. The smallest absolute Gasteiger partial charge is 0.212 e. The average molecular weight is 163 g/mol. The molecule has 0 fully saturated rings. The van der Waals surface area contributed by atoms with Gasteiger partial charge in [-0.2, -0.15) is 10.4 Å². The molecule has 4 heteroatoms. The van der Waals surface area contributed by atoms with Gasteiger partial charge in [0.1, 0.15) is 0 Å². The molecule has 62 valence electrons. The second-order valence-electron chi connectivity index (χ2n) is 2.73. The number of nitrogens with zero attached hydrogens (tertiary/aromatic N) is 3. The lowest BCUT2D eigenvalue weighted by atomic mass is 10.3. The predicted molar refractivity (Wildman–Crippen MR) is 41.7 cm³/mol. The lowest BCUT2D eigenvalue weighted by molar-refractivity contribution is 0.230. The van der Waals surface area contributed by atoms with Gasteiger partial charge in [0.05, 0.1) is 24.8 Å². The average Bonchev–Trinajstić information content (AvgIpc) is 2.47. The van der Waals surface area contributed by atoms with Crippen molar-refractivity contribution in [1.82, 2.24) is 9.78 Å². The normalized spacial score (nSPS) is 14.6. The van der Waals surface area contributed by atoms with Crippen LogP contribution in [0.2, 0.25) is 0 Å². The zero-order chi connectivity index (χ0) is 8.39. The molecule has 0 amide bonds. The maximum Gasteiger partial charge on any atom is 0.212 e. The van der Waals surface area contributed by atoms with E-state index in [4.69, 9.17) is 10.00 Å². The minimum atomic E-state index is 0.364. The summed E-state index contributed by atoms with van der Waals surface area (Å²) in [6.07, 6.45) is 1.37. The van der Waals surface area contributed by atoms with E-state index in [1.54, 1.807) is 0 Å². The van der Waals surface area contributed by atoms with Crippen LogP contribution in [0.5, 0.6) is 5.88 Å². The van der Waals surface area contributed by atoms with Gasteiger partial charge >= 0.3 is 0 Å². The number of hydrogen-bond donors (Lipinski definition) is 0. The molecule has 12 heavy (non-hydrogen) atoms. The monoisotopic (exact) mass is 163 g/mol. The summed E-state index contributed by atoms with van der Waals surface area (Å²) < 4.78 is 7.16. The van der Waals surface area contributed by atoms with Crippen LogP contribution in [0.15, 0.2) is 6.07 Å². The first-order valence-corrected chi connectivity index (χ1v) is 3.96. The van der Waals surface area contributed by atoms with E-state index in [2.05, 4.69) is 11.2 Å². The molecular weight excluding hydrogens is 154 g/mol. The van der Waals surface area contributed by atoms with Crippen molar-refractivity contribution in [2.45, 2.75) is 19.4 Å². The first-order valence-electron chi connectivity index (χ1n) is 3.96. The van der Waals surface area contributed by atoms with Crippen molar-refractivity contribution in [3.63, 3.8) is 0 Å². The van der Waals surface area contributed by atoms with E-state index in [0.717, 1.165) is 31.1 Å². The zero-order valence-corrected chi connectivity index (χ0v) is 6.66. The van der Waals surface area contributed by atoms with Crippen LogP contribution >= 0.6 is 0 Å². The van der Waals surface area contributed by atoms with Crippen LogP contribution in [0.3, 0.4) is 0 Å². The van der Waals surface area contributed by atoms with E-state index in [0.29, 0.717) is 6.42 Å². The summed E-state index contributed by atoms with van der Waals surface area (Å²) in [5.41, 5.74) is 0.800. The van der Waals surface area contributed by atoms with E-state index in [1.807, 2.05) is 10.7 Å². The van der Waals surface area contributed by atoms with Crippen LogP contribution < -0.4 is 4.74 Å². The summed E-state index contributed by atoms with van der Waals surface area (Å²) in [4.78, 5) is 0. The van der Waals surface area contributed by atoms with Crippen molar-refractivity contribution in [2.75, 3.05) is 6.61 Å². The second-order valence-corrected chi connectivity index (χ2v) is 2.73. The molecule has 0 saturated heterocycles. The molecular formula is C8H9N3O. The van der Waals surface area contributed by atoms with Gasteiger partial charge in [0.25, 0.3) is 0 Å². The van der Waals surface area contributed by atoms with Crippen molar-refractivity contribution < 1.29 is 4.74 Å². The molecule has 0 atom stereocenters. The van der Waals surface area contributed by atoms with Gasteiger partial charge in [-0.1, -0.05) is 0 Å². The molecule has 0 spiro atoms. The number of ether oxygens (including phenoxy) is 1. The first kappa shape index (κ1) is 7.17. The topological polar surface area (TPSA) is 50.8 Å². The van der Waals surface area contributed by atoms with Gasteiger partial charge in [-0.3, -0.25) is 0 Å². The molecule has 0 unspecified atom stereocenters. The van der Waals surface area contributed by atoms with Crippen LogP contribution in [0.1, 0.15) is 12.1 Å². The maximum atomic E-state index is 8.44. The molecule has 1 aliphatic rings. The van der Waals surface area contributed by atoms with Crippen molar-refractivity contribution in [2.24, 2.45) is 0 Å². The molecule has 0 saturated carbocycles. The molecule has 1 aromatic heterocycles. The molecule has 0 N–H and O–H groups in total. The Morgan fingerprint density at radius 1 is 1.75 bits per heavy atom. The molecule has 2 heterocycles. The minimum absolute atomic E-state index is 0.364. The molecule has 0 bridgehead atoms. The number of aromatic nitrogens is 2.